The summed E-state index contributed by atoms with van der Waals surface area (Å²) < 4.78 is 14.6. The van der Waals surface area contributed by atoms with E-state index in [1.807, 2.05) is 12.1 Å². The number of aryl methyl sites for hydroxylation is 1. The van der Waals surface area contributed by atoms with Crippen molar-refractivity contribution in [1.82, 2.24) is 0 Å². The Balaban J connectivity index is 1.69. The third kappa shape index (κ3) is 5.55. The van der Waals surface area contributed by atoms with Gasteiger partial charge in [0.15, 0.2) is 0 Å². The van der Waals surface area contributed by atoms with Crippen molar-refractivity contribution >= 4 is 15.9 Å². The van der Waals surface area contributed by atoms with Gasteiger partial charge in [0.2, 0.25) is 0 Å². The van der Waals surface area contributed by atoms with E-state index in [2.05, 4.69) is 71.1 Å². The first-order valence-electron chi connectivity index (χ1n) is 9.32. The molecule has 0 N–H and O–H groups in total. The SMILES string of the molecule is CCCCCc1ccc(-c2ccc(C#Cc3ccc(Br)cc3F)cc2)cc1. The molecule has 0 saturated carbocycles. The van der Waals surface area contributed by atoms with Crippen molar-refractivity contribution in [1.29, 1.82) is 0 Å². The normalized spacial score (nSPS) is 10.3. The third-order valence-corrected chi connectivity index (χ3v) is 5.01. The molecule has 27 heavy (non-hydrogen) atoms. The lowest BCUT2D eigenvalue weighted by atomic mass is 10.0. The van der Waals surface area contributed by atoms with Gasteiger partial charge in [-0.3, -0.25) is 0 Å². The molecule has 0 atom stereocenters. The Morgan fingerprint density at radius 1 is 0.815 bits per heavy atom. The molecule has 0 saturated heterocycles. The first-order chi connectivity index (χ1) is 13.2. The van der Waals surface area contributed by atoms with Crippen molar-refractivity contribution in [2.24, 2.45) is 0 Å². The van der Waals surface area contributed by atoms with Crippen molar-refractivity contribution in [3.8, 4) is 23.0 Å². The Hall–Kier alpha value is -2.37. The van der Waals surface area contributed by atoms with Gasteiger partial charge in [-0.25, -0.2) is 4.39 Å². The van der Waals surface area contributed by atoms with Gasteiger partial charge in [-0.15, -0.1) is 0 Å². The van der Waals surface area contributed by atoms with Crippen LogP contribution in [-0.2, 0) is 6.42 Å². The maximum absolute atomic E-state index is 13.8. The number of hydrogen-bond donors (Lipinski definition) is 0. The molecule has 3 rings (SSSR count). The zero-order valence-corrected chi connectivity index (χ0v) is 17.0. The summed E-state index contributed by atoms with van der Waals surface area (Å²) in [7, 11) is 0. The smallest absolute Gasteiger partial charge is 0.139 e. The molecular weight excluding hydrogens is 399 g/mol. The maximum Gasteiger partial charge on any atom is 0.139 e. The molecule has 3 aromatic rings. The third-order valence-electron chi connectivity index (χ3n) is 4.51. The summed E-state index contributed by atoms with van der Waals surface area (Å²) in [4.78, 5) is 0. The van der Waals surface area contributed by atoms with E-state index in [4.69, 9.17) is 0 Å². The van der Waals surface area contributed by atoms with Crippen LogP contribution in [0.3, 0.4) is 0 Å². The van der Waals surface area contributed by atoms with E-state index in [1.54, 1.807) is 12.1 Å². The number of benzene rings is 3. The monoisotopic (exact) mass is 420 g/mol. The molecule has 0 amide bonds. The van der Waals surface area contributed by atoms with Crippen molar-refractivity contribution < 1.29 is 4.39 Å². The van der Waals surface area contributed by atoms with Gasteiger partial charge >= 0.3 is 0 Å². The highest BCUT2D eigenvalue weighted by Gasteiger charge is 2.01. The molecule has 0 bridgehead atoms. The van der Waals surface area contributed by atoms with E-state index in [9.17, 15) is 4.39 Å². The molecule has 0 heterocycles. The summed E-state index contributed by atoms with van der Waals surface area (Å²) in [5.41, 5.74) is 5.03. The summed E-state index contributed by atoms with van der Waals surface area (Å²) in [6, 6.07) is 21.8. The lowest BCUT2D eigenvalue weighted by Crippen LogP contribution is -1.86. The second kappa shape index (κ2) is 9.53. The van der Waals surface area contributed by atoms with Crippen LogP contribution in [0.2, 0.25) is 0 Å². The standard InChI is InChI=1S/C25H22BrF/c1-2-3-4-5-19-6-11-21(12-7-19)22-13-8-20(9-14-22)10-15-23-16-17-24(26)18-25(23)27/h6-9,11-14,16-18H,2-5H2,1H3. The van der Waals surface area contributed by atoms with Gasteiger partial charge in [0.25, 0.3) is 0 Å². The zero-order chi connectivity index (χ0) is 19.1. The lowest BCUT2D eigenvalue weighted by Gasteiger charge is -2.05. The minimum Gasteiger partial charge on any atom is -0.206 e. The molecule has 0 aliphatic heterocycles. The molecular formula is C25H22BrF. The van der Waals surface area contributed by atoms with Crippen LogP contribution in [-0.4, -0.2) is 0 Å². The Morgan fingerprint density at radius 3 is 2.11 bits per heavy atom. The predicted molar refractivity (Wildman–Crippen MR) is 115 cm³/mol. The van der Waals surface area contributed by atoms with Crippen LogP contribution in [0, 0.1) is 17.7 Å². The van der Waals surface area contributed by atoms with E-state index in [-0.39, 0.29) is 5.82 Å². The molecule has 136 valence electrons. The molecule has 0 unspecified atom stereocenters. The number of rotatable bonds is 5. The number of unbranched alkanes of at least 4 members (excludes halogenated alkanes) is 2. The first-order valence-corrected chi connectivity index (χ1v) is 10.1. The summed E-state index contributed by atoms with van der Waals surface area (Å²) in [6.45, 7) is 2.23. The largest absolute Gasteiger partial charge is 0.206 e. The summed E-state index contributed by atoms with van der Waals surface area (Å²) in [5.74, 6) is 5.62. The van der Waals surface area contributed by atoms with Crippen LogP contribution >= 0.6 is 15.9 Å². The predicted octanol–water partition coefficient (Wildman–Crippen LogP) is 7.39. The van der Waals surface area contributed by atoms with E-state index in [0.717, 1.165) is 17.5 Å². The molecule has 0 radical (unpaired) electrons. The molecule has 2 heteroatoms. The fraction of sp³-hybridized carbons (Fsp3) is 0.200. The molecule has 3 aromatic carbocycles. The van der Waals surface area contributed by atoms with E-state index in [1.165, 1.54) is 36.5 Å². The Morgan fingerprint density at radius 2 is 1.48 bits per heavy atom. The second-order valence-electron chi connectivity index (χ2n) is 6.61. The van der Waals surface area contributed by atoms with Crippen LogP contribution in [0.15, 0.2) is 71.2 Å². The van der Waals surface area contributed by atoms with Crippen molar-refractivity contribution in [2.75, 3.05) is 0 Å². The van der Waals surface area contributed by atoms with Gasteiger partial charge in [0.05, 0.1) is 5.56 Å². The van der Waals surface area contributed by atoms with E-state index >= 15 is 0 Å². The van der Waals surface area contributed by atoms with Crippen LogP contribution in [0.25, 0.3) is 11.1 Å². The first kappa shape index (κ1) is 19.4. The highest BCUT2D eigenvalue weighted by atomic mass is 79.9. The summed E-state index contributed by atoms with van der Waals surface area (Å²) in [5, 5.41) is 0. The minimum absolute atomic E-state index is 0.312. The lowest BCUT2D eigenvalue weighted by molar-refractivity contribution is 0.623. The zero-order valence-electron chi connectivity index (χ0n) is 15.4. The van der Waals surface area contributed by atoms with Crippen LogP contribution in [0.4, 0.5) is 4.39 Å². The fourth-order valence-electron chi connectivity index (χ4n) is 2.92. The van der Waals surface area contributed by atoms with E-state index < -0.39 is 0 Å². The van der Waals surface area contributed by atoms with Crippen molar-refractivity contribution in [3.63, 3.8) is 0 Å². The summed E-state index contributed by atoms with van der Waals surface area (Å²) >= 11 is 3.25. The highest BCUT2D eigenvalue weighted by Crippen LogP contribution is 2.21. The molecule has 0 aliphatic rings. The molecule has 0 aromatic heterocycles. The highest BCUT2D eigenvalue weighted by molar-refractivity contribution is 9.10. The Bertz CT molecular complexity index is 944. The quantitative estimate of drug-likeness (QED) is 0.298. The second-order valence-corrected chi connectivity index (χ2v) is 7.52. The average molecular weight is 421 g/mol. The number of hydrogen-bond acceptors (Lipinski definition) is 0. The van der Waals surface area contributed by atoms with Gasteiger partial charge < -0.3 is 0 Å². The van der Waals surface area contributed by atoms with Crippen LogP contribution in [0.1, 0.15) is 42.9 Å². The van der Waals surface area contributed by atoms with Crippen molar-refractivity contribution in [2.45, 2.75) is 32.6 Å². The van der Waals surface area contributed by atoms with Gasteiger partial charge in [0.1, 0.15) is 5.82 Å². The molecule has 0 spiro atoms. The van der Waals surface area contributed by atoms with E-state index in [0.29, 0.717) is 10.0 Å². The molecule has 0 aliphatic carbocycles. The van der Waals surface area contributed by atoms with Gasteiger partial charge in [-0.05, 0) is 59.9 Å². The maximum atomic E-state index is 13.8. The summed E-state index contributed by atoms with van der Waals surface area (Å²) in [6.07, 6.45) is 4.94. The minimum atomic E-state index is -0.312. The fourth-order valence-corrected chi connectivity index (χ4v) is 3.25. The van der Waals surface area contributed by atoms with Gasteiger partial charge in [-0.1, -0.05) is 83.9 Å². The molecule has 0 fully saturated rings. The topological polar surface area (TPSA) is 0 Å². The van der Waals surface area contributed by atoms with Crippen molar-refractivity contribution in [3.05, 3.63) is 93.7 Å². The van der Waals surface area contributed by atoms with Crippen LogP contribution < -0.4 is 0 Å². The Labute approximate surface area is 169 Å². The van der Waals surface area contributed by atoms with Gasteiger partial charge in [-0.2, -0.15) is 0 Å². The Kier molecular flexibility index (Phi) is 6.85. The number of halogens is 2. The molecule has 0 nitrogen and oxygen atoms in total. The van der Waals surface area contributed by atoms with Crippen LogP contribution in [0.5, 0.6) is 0 Å². The van der Waals surface area contributed by atoms with Gasteiger partial charge in [0, 0.05) is 10.0 Å². The average Bonchev–Trinajstić information content (AvgIpc) is 2.69.